The van der Waals surface area contributed by atoms with Gasteiger partial charge in [0.2, 0.25) is 11.8 Å². The zero-order valence-corrected chi connectivity index (χ0v) is 18.3. The highest BCUT2D eigenvalue weighted by atomic mass is 35.5. The molecule has 4 rings (SSSR count). The molecule has 3 amide bonds. The van der Waals surface area contributed by atoms with Gasteiger partial charge in [0.05, 0.1) is 18.9 Å². The predicted molar refractivity (Wildman–Crippen MR) is 118 cm³/mol. The van der Waals surface area contributed by atoms with Gasteiger partial charge in [-0.25, -0.2) is 4.79 Å². The summed E-state index contributed by atoms with van der Waals surface area (Å²) in [4.78, 5) is 40.9. The smallest absolute Gasteiger partial charge is 0.325 e. The molecule has 0 aliphatic carbocycles. The minimum atomic E-state index is -0.168. The van der Waals surface area contributed by atoms with Gasteiger partial charge in [-0.3, -0.25) is 14.7 Å². The minimum absolute atomic E-state index is 0.0611. The number of anilines is 2. The first-order chi connectivity index (χ1) is 14.9. The zero-order valence-electron chi connectivity index (χ0n) is 17.6. The standard InChI is InChI=1S/C21H25ClN6O3/c1-25(2)18-11-23-12-19(24-18)31-17-7-8-26(13-17)20(29)14-27-9-10-28(21(27)30)16-5-3-15(22)4-6-16/h3-6,11-12,17H,7-10,13-14H2,1-2H3. The molecule has 31 heavy (non-hydrogen) atoms. The fourth-order valence-corrected chi connectivity index (χ4v) is 3.81. The van der Waals surface area contributed by atoms with Crippen molar-refractivity contribution >= 4 is 35.0 Å². The van der Waals surface area contributed by atoms with Crippen LogP contribution in [0.3, 0.4) is 0 Å². The van der Waals surface area contributed by atoms with E-state index in [2.05, 4.69) is 9.97 Å². The molecule has 1 unspecified atom stereocenters. The van der Waals surface area contributed by atoms with E-state index < -0.39 is 0 Å². The minimum Gasteiger partial charge on any atom is -0.471 e. The molecule has 0 N–H and O–H groups in total. The van der Waals surface area contributed by atoms with Gasteiger partial charge < -0.3 is 19.4 Å². The molecule has 0 bridgehead atoms. The molecule has 10 heteroatoms. The van der Waals surface area contributed by atoms with Crippen LogP contribution < -0.4 is 14.5 Å². The number of halogens is 1. The first-order valence-corrected chi connectivity index (χ1v) is 10.5. The number of urea groups is 1. The lowest BCUT2D eigenvalue weighted by Gasteiger charge is -2.22. The van der Waals surface area contributed by atoms with Crippen LogP contribution in [0.1, 0.15) is 6.42 Å². The van der Waals surface area contributed by atoms with E-state index in [-0.39, 0.29) is 24.6 Å². The van der Waals surface area contributed by atoms with Crippen LogP contribution in [0.2, 0.25) is 5.02 Å². The van der Waals surface area contributed by atoms with E-state index in [4.69, 9.17) is 16.3 Å². The van der Waals surface area contributed by atoms with E-state index in [0.717, 1.165) is 5.69 Å². The van der Waals surface area contributed by atoms with Crippen LogP contribution in [0.15, 0.2) is 36.7 Å². The highest BCUT2D eigenvalue weighted by molar-refractivity contribution is 6.30. The van der Waals surface area contributed by atoms with E-state index in [9.17, 15) is 9.59 Å². The van der Waals surface area contributed by atoms with Crippen molar-refractivity contribution in [1.29, 1.82) is 0 Å². The van der Waals surface area contributed by atoms with Gasteiger partial charge in [0.1, 0.15) is 12.6 Å². The topological polar surface area (TPSA) is 82.1 Å². The summed E-state index contributed by atoms with van der Waals surface area (Å²) in [5.41, 5.74) is 0.778. The second kappa shape index (κ2) is 8.97. The number of carbonyl (C=O) groups excluding carboxylic acids is 2. The number of aromatic nitrogens is 2. The number of benzene rings is 1. The molecule has 1 aromatic heterocycles. The Morgan fingerprint density at radius 2 is 1.97 bits per heavy atom. The van der Waals surface area contributed by atoms with Crippen LogP contribution in [-0.4, -0.2) is 84.6 Å². The second-order valence-electron chi connectivity index (χ2n) is 7.81. The fraction of sp³-hybridized carbons (Fsp3) is 0.429. The summed E-state index contributed by atoms with van der Waals surface area (Å²) in [5.74, 6) is 1.07. The highest BCUT2D eigenvalue weighted by Crippen LogP contribution is 2.23. The van der Waals surface area contributed by atoms with Crippen LogP contribution in [0, 0.1) is 0 Å². The van der Waals surface area contributed by atoms with Crippen LogP contribution in [0.25, 0.3) is 0 Å². The van der Waals surface area contributed by atoms with Crippen LogP contribution in [0.4, 0.5) is 16.3 Å². The summed E-state index contributed by atoms with van der Waals surface area (Å²) >= 11 is 5.93. The summed E-state index contributed by atoms with van der Waals surface area (Å²) in [6, 6.07) is 6.95. The number of likely N-dealkylation sites (tertiary alicyclic amines) is 1. The summed E-state index contributed by atoms with van der Waals surface area (Å²) < 4.78 is 5.93. The summed E-state index contributed by atoms with van der Waals surface area (Å²) in [7, 11) is 3.77. The molecule has 164 valence electrons. The van der Waals surface area contributed by atoms with Crippen molar-refractivity contribution in [2.75, 3.05) is 56.6 Å². The van der Waals surface area contributed by atoms with Crippen LogP contribution >= 0.6 is 11.6 Å². The molecule has 2 aromatic rings. The van der Waals surface area contributed by atoms with Crippen LogP contribution in [-0.2, 0) is 4.79 Å². The predicted octanol–water partition coefficient (Wildman–Crippen LogP) is 2.12. The van der Waals surface area contributed by atoms with Crippen LogP contribution in [0.5, 0.6) is 5.88 Å². The van der Waals surface area contributed by atoms with Gasteiger partial charge in [0.25, 0.3) is 0 Å². The van der Waals surface area contributed by atoms with Crippen molar-refractivity contribution in [3.8, 4) is 5.88 Å². The highest BCUT2D eigenvalue weighted by Gasteiger charge is 2.34. The molecule has 0 radical (unpaired) electrons. The van der Waals surface area contributed by atoms with Gasteiger partial charge in [-0.1, -0.05) is 11.6 Å². The van der Waals surface area contributed by atoms with Crippen molar-refractivity contribution < 1.29 is 14.3 Å². The summed E-state index contributed by atoms with van der Waals surface area (Å²) in [6.45, 7) is 2.17. The average molecular weight is 445 g/mol. The lowest BCUT2D eigenvalue weighted by atomic mass is 10.3. The summed E-state index contributed by atoms with van der Waals surface area (Å²) in [5, 5.41) is 0.618. The SMILES string of the molecule is CN(C)c1cncc(OC2CCN(C(=O)CN3CCN(c4ccc(Cl)cc4)C3=O)C2)n1. The first kappa shape index (κ1) is 21.2. The van der Waals surface area contributed by atoms with Crippen molar-refractivity contribution in [3.05, 3.63) is 41.7 Å². The lowest BCUT2D eigenvalue weighted by molar-refractivity contribution is -0.130. The molecule has 9 nitrogen and oxygen atoms in total. The van der Waals surface area contributed by atoms with Crippen molar-refractivity contribution in [1.82, 2.24) is 19.8 Å². The number of carbonyl (C=O) groups is 2. The number of hydrogen-bond donors (Lipinski definition) is 0. The Morgan fingerprint density at radius 3 is 2.71 bits per heavy atom. The van der Waals surface area contributed by atoms with Crippen molar-refractivity contribution in [3.63, 3.8) is 0 Å². The third-order valence-corrected chi connectivity index (χ3v) is 5.65. The molecule has 2 saturated heterocycles. The quantitative estimate of drug-likeness (QED) is 0.678. The maximum atomic E-state index is 12.8. The average Bonchev–Trinajstić information content (AvgIpc) is 3.36. The van der Waals surface area contributed by atoms with E-state index in [1.807, 2.05) is 31.1 Å². The molecule has 1 atom stereocenters. The molecule has 2 aliphatic heterocycles. The van der Waals surface area contributed by atoms with E-state index >= 15 is 0 Å². The third-order valence-electron chi connectivity index (χ3n) is 5.40. The van der Waals surface area contributed by atoms with E-state index in [1.165, 1.54) is 0 Å². The Hall–Kier alpha value is -3.07. The molecule has 0 spiro atoms. The first-order valence-electron chi connectivity index (χ1n) is 10.2. The van der Waals surface area contributed by atoms with Gasteiger partial charge in [0.15, 0.2) is 5.82 Å². The second-order valence-corrected chi connectivity index (χ2v) is 8.25. The number of amides is 3. The summed E-state index contributed by atoms with van der Waals surface area (Å²) in [6.07, 6.45) is 3.81. The van der Waals surface area contributed by atoms with Gasteiger partial charge in [0, 0.05) is 50.9 Å². The number of nitrogens with zero attached hydrogens (tertiary/aromatic N) is 6. The Balaban J connectivity index is 1.30. The maximum Gasteiger partial charge on any atom is 0.325 e. The molecular formula is C21H25ClN6O3. The Morgan fingerprint density at radius 1 is 1.19 bits per heavy atom. The molecular weight excluding hydrogens is 420 g/mol. The molecule has 0 saturated carbocycles. The Kier molecular flexibility index (Phi) is 6.13. The van der Waals surface area contributed by atoms with Gasteiger partial charge in [-0.15, -0.1) is 0 Å². The third kappa shape index (κ3) is 4.82. The lowest BCUT2D eigenvalue weighted by Crippen LogP contribution is -2.42. The fourth-order valence-electron chi connectivity index (χ4n) is 3.69. The Bertz CT molecular complexity index is 954. The zero-order chi connectivity index (χ0) is 22.0. The molecule has 1 aromatic carbocycles. The monoisotopic (exact) mass is 444 g/mol. The van der Waals surface area contributed by atoms with Crippen molar-refractivity contribution in [2.24, 2.45) is 0 Å². The largest absolute Gasteiger partial charge is 0.471 e. The van der Waals surface area contributed by atoms with Crippen molar-refractivity contribution in [2.45, 2.75) is 12.5 Å². The van der Waals surface area contributed by atoms with E-state index in [0.29, 0.717) is 49.3 Å². The normalized spacial score (nSPS) is 18.6. The number of hydrogen-bond acceptors (Lipinski definition) is 6. The number of ether oxygens (including phenoxy) is 1. The molecule has 2 aliphatic rings. The van der Waals surface area contributed by atoms with Gasteiger partial charge >= 0.3 is 6.03 Å². The molecule has 3 heterocycles. The van der Waals surface area contributed by atoms with Gasteiger partial charge in [-0.2, -0.15) is 4.98 Å². The molecule has 2 fully saturated rings. The Labute approximate surface area is 186 Å². The number of rotatable bonds is 6. The maximum absolute atomic E-state index is 12.8. The van der Waals surface area contributed by atoms with E-state index in [1.54, 1.807) is 39.2 Å². The van der Waals surface area contributed by atoms with Gasteiger partial charge in [-0.05, 0) is 24.3 Å².